The Morgan fingerprint density at radius 2 is 2.07 bits per heavy atom. The minimum atomic E-state index is -0.113. The van der Waals surface area contributed by atoms with Gasteiger partial charge in [0.15, 0.2) is 11.7 Å². The minimum Gasteiger partial charge on any atom is -0.484 e. The third-order valence-electron chi connectivity index (χ3n) is 4.33. The van der Waals surface area contributed by atoms with Crippen LogP contribution in [0.25, 0.3) is 10.2 Å². The van der Waals surface area contributed by atoms with Crippen molar-refractivity contribution in [2.24, 2.45) is 0 Å². The van der Waals surface area contributed by atoms with Crippen molar-refractivity contribution in [3.05, 3.63) is 71.7 Å². The Hall–Kier alpha value is -2.71. The van der Waals surface area contributed by atoms with Crippen LogP contribution in [0.4, 0.5) is 5.13 Å². The molecule has 1 amide bonds. The molecule has 0 saturated carbocycles. The lowest BCUT2D eigenvalue weighted by Crippen LogP contribution is -2.36. The van der Waals surface area contributed by atoms with Gasteiger partial charge in [0.2, 0.25) is 0 Å². The number of ether oxygens (including phenoxy) is 1. The number of carbonyl (C=O) groups excluding carboxylic acids is 1. The summed E-state index contributed by atoms with van der Waals surface area (Å²) in [5.74, 6) is 0.560. The van der Waals surface area contributed by atoms with E-state index in [-0.39, 0.29) is 12.5 Å². The van der Waals surface area contributed by atoms with Crippen molar-refractivity contribution in [2.75, 3.05) is 18.1 Å². The predicted molar refractivity (Wildman–Crippen MR) is 118 cm³/mol. The number of anilines is 1. The van der Waals surface area contributed by atoms with Crippen LogP contribution in [-0.4, -0.2) is 33.6 Å². The van der Waals surface area contributed by atoms with Crippen LogP contribution in [0, 0.1) is 0 Å². The highest BCUT2D eigenvalue weighted by Crippen LogP contribution is 2.31. The Labute approximate surface area is 180 Å². The van der Waals surface area contributed by atoms with Gasteiger partial charge in [-0.25, -0.2) is 9.97 Å². The Kier molecular flexibility index (Phi) is 6.21. The first-order chi connectivity index (χ1) is 14.2. The van der Waals surface area contributed by atoms with Gasteiger partial charge < -0.3 is 9.30 Å². The number of hydrogen-bond acceptors (Lipinski definition) is 5. The van der Waals surface area contributed by atoms with Gasteiger partial charge in [0, 0.05) is 30.0 Å². The summed E-state index contributed by atoms with van der Waals surface area (Å²) in [6.45, 7) is 1.30. The summed E-state index contributed by atoms with van der Waals surface area (Å²) in [5.41, 5.74) is 0.879. The maximum atomic E-state index is 13.0. The summed E-state index contributed by atoms with van der Waals surface area (Å²) in [5, 5.41) is 0.686. The average molecular weight is 471 g/mol. The van der Waals surface area contributed by atoms with Gasteiger partial charge in [0.1, 0.15) is 5.75 Å². The van der Waals surface area contributed by atoms with Gasteiger partial charge >= 0.3 is 0 Å². The van der Waals surface area contributed by atoms with Crippen molar-refractivity contribution in [1.82, 2.24) is 14.5 Å². The number of halogens is 1. The number of para-hydroxylation sites is 1. The van der Waals surface area contributed by atoms with E-state index in [4.69, 9.17) is 4.74 Å². The second kappa shape index (κ2) is 9.19. The van der Waals surface area contributed by atoms with Gasteiger partial charge in [-0.2, -0.15) is 0 Å². The molecule has 29 heavy (non-hydrogen) atoms. The maximum Gasteiger partial charge on any atom is 0.266 e. The lowest BCUT2D eigenvalue weighted by molar-refractivity contribution is -0.120. The molecule has 0 unspecified atom stereocenters. The molecular weight excluding hydrogens is 452 g/mol. The molecule has 2 aromatic carbocycles. The van der Waals surface area contributed by atoms with Crippen molar-refractivity contribution in [3.8, 4) is 5.75 Å². The fourth-order valence-corrected chi connectivity index (χ4v) is 4.46. The van der Waals surface area contributed by atoms with Gasteiger partial charge in [-0.1, -0.05) is 45.5 Å². The number of rotatable bonds is 8. The molecule has 2 aromatic heterocycles. The molecule has 0 spiro atoms. The van der Waals surface area contributed by atoms with Gasteiger partial charge in [0.05, 0.1) is 16.5 Å². The van der Waals surface area contributed by atoms with E-state index in [1.54, 1.807) is 17.4 Å². The quantitative estimate of drug-likeness (QED) is 0.372. The molecular formula is C21H19BrN4O2S. The number of aryl methyl sites for hydroxylation is 1. The third-order valence-corrected chi connectivity index (χ3v) is 5.87. The Morgan fingerprint density at radius 1 is 1.21 bits per heavy atom. The first-order valence-corrected chi connectivity index (χ1v) is 10.8. The summed E-state index contributed by atoms with van der Waals surface area (Å²) >= 11 is 5.00. The van der Waals surface area contributed by atoms with Gasteiger partial charge in [-0.05, 0) is 36.8 Å². The van der Waals surface area contributed by atoms with Crippen molar-refractivity contribution in [2.45, 2.75) is 13.0 Å². The van der Waals surface area contributed by atoms with Crippen LogP contribution < -0.4 is 9.64 Å². The standard InChI is InChI=1S/C21H19BrN4O2S/c22-16-7-8-18-19(13-16)29-21(24-18)26(11-4-10-25-12-9-23-15-25)20(27)14-28-17-5-2-1-3-6-17/h1-3,5-9,12-13,15H,4,10-11,14H2. The Morgan fingerprint density at radius 3 is 2.86 bits per heavy atom. The first kappa shape index (κ1) is 19.6. The number of carbonyl (C=O) groups is 1. The average Bonchev–Trinajstić information content (AvgIpc) is 3.39. The van der Waals surface area contributed by atoms with Gasteiger partial charge in [0.25, 0.3) is 5.91 Å². The van der Waals surface area contributed by atoms with Crippen LogP contribution in [-0.2, 0) is 11.3 Å². The highest BCUT2D eigenvalue weighted by molar-refractivity contribution is 9.10. The lowest BCUT2D eigenvalue weighted by atomic mass is 10.3. The highest BCUT2D eigenvalue weighted by atomic mass is 79.9. The maximum absolute atomic E-state index is 13.0. The molecule has 2 heterocycles. The molecule has 4 rings (SSSR count). The van der Waals surface area contributed by atoms with Crippen molar-refractivity contribution in [1.29, 1.82) is 0 Å². The topological polar surface area (TPSA) is 60.2 Å². The zero-order chi connectivity index (χ0) is 20.1. The number of aromatic nitrogens is 3. The van der Waals surface area contributed by atoms with E-state index >= 15 is 0 Å². The van der Waals surface area contributed by atoms with E-state index < -0.39 is 0 Å². The molecule has 8 heteroatoms. The number of hydrogen-bond donors (Lipinski definition) is 0. The molecule has 0 N–H and O–H groups in total. The normalized spacial score (nSPS) is 10.9. The monoisotopic (exact) mass is 470 g/mol. The lowest BCUT2D eigenvalue weighted by Gasteiger charge is -2.20. The van der Waals surface area contributed by atoms with E-state index in [0.29, 0.717) is 17.4 Å². The van der Waals surface area contributed by atoms with Gasteiger partial charge in [-0.3, -0.25) is 9.69 Å². The molecule has 0 aliphatic heterocycles. The molecule has 0 atom stereocenters. The number of benzene rings is 2. The molecule has 0 aliphatic carbocycles. The van der Waals surface area contributed by atoms with E-state index in [0.717, 1.165) is 27.7 Å². The summed E-state index contributed by atoms with van der Waals surface area (Å²) < 4.78 is 9.70. The molecule has 6 nitrogen and oxygen atoms in total. The SMILES string of the molecule is O=C(COc1ccccc1)N(CCCn1ccnc1)c1nc2ccc(Br)cc2s1. The molecule has 148 valence electrons. The largest absolute Gasteiger partial charge is 0.484 e. The molecule has 0 aliphatic rings. The molecule has 4 aromatic rings. The molecule has 0 radical (unpaired) electrons. The second-order valence-corrected chi connectivity index (χ2v) is 8.33. The first-order valence-electron chi connectivity index (χ1n) is 9.19. The highest BCUT2D eigenvalue weighted by Gasteiger charge is 2.20. The fraction of sp³-hybridized carbons (Fsp3) is 0.190. The number of fused-ring (bicyclic) bond motifs is 1. The van der Waals surface area contributed by atoms with E-state index in [9.17, 15) is 4.79 Å². The van der Waals surface area contributed by atoms with Crippen LogP contribution in [0.5, 0.6) is 5.75 Å². The van der Waals surface area contributed by atoms with Crippen molar-refractivity contribution >= 4 is 48.5 Å². The van der Waals surface area contributed by atoms with Crippen LogP contribution in [0.2, 0.25) is 0 Å². The predicted octanol–water partition coefficient (Wildman–Crippen LogP) is 4.76. The zero-order valence-corrected chi connectivity index (χ0v) is 18.0. The zero-order valence-electron chi connectivity index (χ0n) is 15.6. The number of amides is 1. The fourth-order valence-electron chi connectivity index (χ4n) is 2.90. The van der Waals surface area contributed by atoms with Crippen molar-refractivity contribution < 1.29 is 9.53 Å². The second-order valence-electron chi connectivity index (χ2n) is 6.41. The molecule has 0 bridgehead atoms. The van der Waals surface area contributed by atoms with E-state index in [2.05, 4.69) is 25.9 Å². The third kappa shape index (κ3) is 5.02. The summed E-state index contributed by atoms with van der Waals surface area (Å²) in [4.78, 5) is 23.4. The van der Waals surface area contributed by atoms with E-state index in [1.165, 1.54) is 11.3 Å². The summed E-state index contributed by atoms with van der Waals surface area (Å²) in [6, 6.07) is 15.3. The van der Waals surface area contributed by atoms with Crippen LogP contribution in [0.1, 0.15) is 6.42 Å². The summed E-state index contributed by atoms with van der Waals surface area (Å²) in [7, 11) is 0. The smallest absolute Gasteiger partial charge is 0.266 e. The number of nitrogens with zero attached hydrogens (tertiary/aromatic N) is 4. The number of imidazole rings is 1. The minimum absolute atomic E-state index is 0.0330. The summed E-state index contributed by atoms with van der Waals surface area (Å²) in [6.07, 6.45) is 6.23. The molecule has 0 saturated heterocycles. The van der Waals surface area contributed by atoms with Crippen LogP contribution in [0.15, 0.2) is 71.7 Å². The number of thiazole rings is 1. The Bertz CT molecular complexity index is 1080. The molecule has 0 fully saturated rings. The van der Waals surface area contributed by atoms with Crippen molar-refractivity contribution in [3.63, 3.8) is 0 Å². The van der Waals surface area contributed by atoms with Crippen LogP contribution in [0.3, 0.4) is 0 Å². The van der Waals surface area contributed by atoms with Crippen LogP contribution >= 0.6 is 27.3 Å². The van der Waals surface area contributed by atoms with E-state index in [1.807, 2.05) is 59.3 Å². The Balaban J connectivity index is 1.51. The van der Waals surface area contributed by atoms with Gasteiger partial charge in [-0.15, -0.1) is 0 Å².